The molecule has 1 heterocycles. The lowest BCUT2D eigenvalue weighted by atomic mass is 10.1. The lowest BCUT2D eigenvalue weighted by Gasteiger charge is -2.25. The molecule has 0 saturated carbocycles. The molecular formula is C12H17N3O3. The van der Waals surface area contributed by atoms with Crippen LogP contribution in [-0.4, -0.2) is 41.5 Å². The maximum atomic E-state index is 11.6. The molecule has 1 saturated heterocycles. The van der Waals surface area contributed by atoms with Crippen LogP contribution in [0, 0.1) is 11.3 Å². The molecule has 1 fully saturated rings. The van der Waals surface area contributed by atoms with Gasteiger partial charge in [-0.05, 0) is 19.3 Å². The monoisotopic (exact) mass is 251 g/mol. The van der Waals surface area contributed by atoms with Gasteiger partial charge in [0, 0.05) is 25.8 Å². The van der Waals surface area contributed by atoms with Crippen molar-refractivity contribution in [2.45, 2.75) is 25.7 Å². The van der Waals surface area contributed by atoms with Crippen molar-refractivity contribution in [3.63, 3.8) is 0 Å². The first kappa shape index (κ1) is 14.0. The van der Waals surface area contributed by atoms with E-state index in [1.165, 1.54) is 6.42 Å². The van der Waals surface area contributed by atoms with Crippen molar-refractivity contribution < 1.29 is 14.7 Å². The van der Waals surface area contributed by atoms with E-state index in [0.29, 0.717) is 0 Å². The largest absolute Gasteiger partial charge is 0.481 e. The highest BCUT2D eigenvalue weighted by Crippen LogP contribution is 2.10. The summed E-state index contributed by atoms with van der Waals surface area (Å²) in [6.07, 6.45) is 4.73. The number of carbonyl (C=O) groups is 2. The van der Waals surface area contributed by atoms with Crippen LogP contribution in [0.2, 0.25) is 0 Å². The molecule has 0 spiro atoms. The lowest BCUT2D eigenvalue weighted by Crippen LogP contribution is -2.30. The van der Waals surface area contributed by atoms with E-state index in [1.54, 1.807) is 6.20 Å². The van der Waals surface area contributed by atoms with Gasteiger partial charge in [0.1, 0.15) is 11.6 Å². The zero-order valence-electron chi connectivity index (χ0n) is 10.2. The number of amides is 1. The minimum absolute atomic E-state index is 0.0299. The van der Waals surface area contributed by atoms with Crippen molar-refractivity contribution in [3.8, 4) is 6.07 Å². The Morgan fingerprint density at radius 3 is 2.56 bits per heavy atom. The molecule has 0 aliphatic carbocycles. The van der Waals surface area contributed by atoms with Crippen LogP contribution >= 0.6 is 0 Å². The molecule has 0 bridgehead atoms. The van der Waals surface area contributed by atoms with Crippen molar-refractivity contribution in [1.82, 2.24) is 10.2 Å². The topological polar surface area (TPSA) is 93.4 Å². The average molecular weight is 251 g/mol. The van der Waals surface area contributed by atoms with Crippen LogP contribution in [-0.2, 0) is 9.59 Å². The number of hydrogen-bond donors (Lipinski definition) is 2. The molecule has 18 heavy (non-hydrogen) atoms. The summed E-state index contributed by atoms with van der Waals surface area (Å²) in [6, 6.07) is 1.85. The Bertz CT molecular complexity index is 379. The summed E-state index contributed by atoms with van der Waals surface area (Å²) >= 11 is 0. The van der Waals surface area contributed by atoms with E-state index >= 15 is 0 Å². The van der Waals surface area contributed by atoms with Crippen molar-refractivity contribution in [2.75, 3.05) is 19.6 Å². The number of nitriles is 1. The van der Waals surface area contributed by atoms with Gasteiger partial charge >= 0.3 is 5.97 Å². The number of piperidine rings is 1. The Morgan fingerprint density at radius 1 is 1.33 bits per heavy atom. The zero-order chi connectivity index (χ0) is 13.4. The summed E-state index contributed by atoms with van der Waals surface area (Å²) in [6.45, 7) is 1.74. The summed E-state index contributed by atoms with van der Waals surface area (Å²) < 4.78 is 0. The maximum absolute atomic E-state index is 11.6. The molecule has 0 radical (unpaired) electrons. The van der Waals surface area contributed by atoms with Crippen LogP contribution in [0.4, 0.5) is 0 Å². The quantitative estimate of drug-likeness (QED) is 0.547. The predicted molar refractivity (Wildman–Crippen MR) is 64.4 cm³/mol. The van der Waals surface area contributed by atoms with Gasteiger partial charge < -0.3 is 15.3 Å². The molecule has 98 valence electrons. The fraction of sp³-hybridized carbons (Fsp3) is 0.583. The molecule has 1 amide bonds. The normalized spacial score (nSPS) is 15.9. The Labute approximate surface area is 106 Å². The van der Waals surface area contributed by atoms with E-state index < -0.39 is 11.9 Å². The number of hydrogen-bond acceptors (Lipinski definition) is 4. The summed E-state index contributed by atoms with van der Waals surface area (Å²) in [7, 11) is 0. The van der Waals surface area contributed by atoms with Crippen LogP contribution in [0.3, 0.4) is 0 Å². The smallest absolute Gasteiger partial charge is 0.305 e. The number of nitrogens with zero attached hydrogens (tertiary/aromatic N) is 2. The molecule has 2 N–H and O–H groups in total. The number of nitrogens with one attached hydrogen (secondary N) is 1. The highest BCUT2D eigenvalue weighted by molar-refractivity contribution is 5.97. The Hall–Kier alpha value is -2.03. The van der Waals surface area contributed by atoms with E-state index in [1.807, 2.05) is 11.0 Å². The number of aliphatic carboxylic acids is 1. The third kappa shape index (κ3) is 4.87. The number of likely N-dealkylation sites (tertiary alicyclic amines) is 1. The van der Waals surface area contributed by atoms with Crippen LogP contribution < -0.4 is 5.32 Å². The number of carboxylic acid groups (broad SMARTS) is 1. The number of carbonyl (C=O) groups excluding carboxylic acids is 1. The minimum atomic E-state index is -0.978. The number of carboxylic acids is 1. The second-order valence-electron chi connectivity index (χ2n) is 4.15. The van der Waals surface area contributed by atoms with Crippen LogP contribution in [0.15, 0.2) is 11.8 Å². The van der Waals surface area contributed by atoms with Gasteiger partial charge in [-0.3, -0.25) is 9.59 Å². The average Bonchev–Trinajstić information content (AvgIpc) is 2.36. The molecule has 0 unspecified atom stereocenters. The first-order chi connectivity index (χ1) is 8.63. The van der Waals surface area contributed by atoms with Crippen molar-refractivity contribution in [1.29, 1.82) is 5.26 Å². The first-order valence-electron chi connectivity index (χ1n) is 5.99. The van der Waals surface area contributed by atoms with E-state index in [2.05, 4.69) is 5.32 Å². The van der Waals surface area contributed by atoms with Crippen molar-refractivity contribution in [2.24, 2.45) is 0 Å². The molecule has 1 aliphatic rings. The van der Waals surface area contributed by atoms with Gasteiger partial charge in [0.2, 0.25) is 0 Å². The van der Waals surface area contributed by atoms with Gasteiger partial charge in [0.05, 0.1) is 6.42 Å². The van der Waals surface area contributed by atoms with E-state index in [4.69, 9.17) is 10.4 Å². The Morgan fingerprint density at radius 2 is 2.00 bits per heavy atom. The summed E-state index contributed by atoms with van der Waals surface area (Å²) in [4.78, 5) is 23.9. The molecule has 1 rings (SSSR count). The van der Waals surface area contributed by atoms with Crippen LogP contribution in [0.1, 0.15) is 25.7 Å². The van der Waals surface area contributed by atoms with E-state index in [9.17, 15) is 9.59 Å². The van der Waals surface area contributed by atoms with Gasteiger partial charge in [0.25, 0.3) is 5.91 Å². The molecule has 0 aromatic rings. The van der Waals surface area contributed by atoms with Crippen LogP contribution in [0.25, 0.3) is 0 Å². The highest BCUT2D eigenvalue weighted by Gasteiger charge is 2.13. The molecule has 0 aromatic heterocycles. The molecule has 1 aliphatic heterocycles. The SMILES string of the molecule is N#C/C(=C/N1CCCCC1)C(=O)NCCC(=O)O. The maximum Gasteiger partial charge on any atom is 0.305 e. The number of rotatable bonds is 5. The molecule has 6 heteroatoms. The first-order valence-corrected chi connectivity index (χ1v) is 5.99. The molecule has 0 atom stereocenters. The Balaban J connectivity index is 2.48. The van der Waals surface area contributed by atoms with Gasteiger partial charge in [-0.1, -0.05) is 0 Å². The third-order valence-corrected chi connectivity index (χ3v) is 2.69. The molecular weight excluding hydrogens is 234 g/mol. The Kier molecular flexibility index (Phi) is 5.71. The zero-order valence-corrected chi connectivity index (χ0v) is 10.2. The van der Waals surface area contributed by atoms with Gasteiger partial charge in [-0.15, -0.1) is 0 Å². The minimum Gasteiger partial charge on any atom is -0.481 e. The summed E-state index contributed by atoms with van der Waals surface area (Å²) in [5, 5.41) is 19.8. The van der Waals surface area contributed by atoms with E-state index in [0.717, 1.165) is 25.9 Å². The van der Waals surface area contributed by atoms with Gasteiger partial charge in [-0.25, -0.2) is 0 Å². The molecule has 6 nitrogen and oxygen atoms in total. The second-order valence-corrected chi connectivity index (χ2v) is 4.15. The predicted octanol–water partition coefficient (Wildman–Crippen LogP) is 0.471. The summed E-state index contributed by atoms with van der Waals surface area (Å²) in [5.74, 6) is -1.49. The van der Waals surface area contributed by atoms with E-state index in [-0.39, 0.29) is 18.5 Å². The summed E-state index contributed by atoms with van der Waals surface area (Å²) in [5.41, 5.74) is 0.0299. The molecule has 0 aromatic carbocycles. The van der Waals surface area contributed by atoms with Crippen molar-refractivity contribution >= 4 is 11.9 Å². The van der Waals surface area contributed by atoms with Gasteiger partial charge in [0.15, 0.2) is 0 Å². The van der Waals surface area contributed by atoms with Crippen LogP contribution in [0.5, 0.6) is 0 Å². The standard InChI is InChI=1S/C12H17N3O3/c13-8-10(9-15-6-2-1-3-7-15)12(18)14-5-4-11(16)17/h9H,1-7H2,(H,14,18)(H,16,17)/b10-9-. The van der Waals surface area contributed by atoms with Crippen molar-refractivity contribution in [3.05, 3.63) is 11.8 Å². The van der Waals surface area contributed by atoms with Gasteiger partial charge in [-0.2, -0.15) is 5.26 Å². The second kappa shape index (κ2) is 7.33. The fourth-order valence-corrected chi connectivity index (χ4v) is 1.75. The highest BCUT2D eigenvalue weighted by atomic mass is 16.4. The fourth-order valence-electron chi connectivity index (χ4n) is 1.75. The lowest BCUT2D eigenvalue weighted by molar-refractivity contribution is -0.136. The third-order valence-electron chi connectivity index (χ3n) is 2.69.